The third kappa shape index (κ3) is 3.43. The van der Waals surface area contributed by atoms with Crippen LogP contribution in [-0.4, -0.2) is 17.2 Å². The Balaban J connectivity index is 1.45. The van der Waals surface area contributed by atoms with E-state index >= 15 is 0 Å². The highest BCUT2D eigenvalue weighted by atomic mass is 15.0. The number of hydrogen-bond acceptors (Lipinski definition) is 1. The molecule has 1 aromatic carbocycles. The Morgan fingerprint density at radius 3 is 2.65 bits per heavy atom. The van der Waals surface area contributed by atoms with Crippen LogP contribution in [0.25, 0.3) is 10.9 Å². The zero-order chi connectivity index (χ0) is 13.6. The minimum absolute atomic E-state index is 0.777. The van der Waals surface area contributed by atoms with Crippen molar-refractivity contribution >= 4 is 10.9 Å². The van der Waals surface area contributed by atoms with Gasteiger partial charge in [-0.05, 0) is 43.3 Å². The molecule has 2 nitrogen and oxygen atoms in total. The first-order valence-electron chi connectivity index (χ1n) is 8.21. The van der Waals surface area contributed by atoms with Crippen LogP contribution in [0.15, 0.2) is 36.5 Å². The summed E-state index contributed by atoms with van der Waals surface area (Å²) in [6.45, 7) is 2.27. The predicted molar refractivity (Wildman–Crippen MR) is 86.0 cm³/mol. The van der Waals surface area contributed by atoms with E-state index in [1.54, 1.807) is 0 Å². The van der Waals surface area contributed by atoms with Gasteiger partial charge in [-0.25, -0.2) is 0 Å². The van der Waals surface area contributed by atoms with E-state index < -0.39 is 0 Å². The first-order chi connectivity index (χ1) is 9.93. The van der Waals surface area contributed by atoms with E-state index in [2.05, 4.69) is 46.4 Å². The van der Waals surface area contributed by atoms with Crippen LogP contribution < -0.4 is 5.32 Å². The van der Waals surface area contributed by atoms with Gasteiger partial charge in [-0.1, -0.05) is 43.9 Å². The molecule has 0 atom stereocenters. The van der Waals surface area contributed by atoms with Gasteiger partial charge in [-0.3, -0.25) is 0 Å². The lowest BCUT2D eigenvalue weighted by atomic mass is 10.1. The van der Waals surface area contributed by atoms with Gasteiger partial charge < -0.3 is 9.88 Å². The number of benzene rings is 1. The Bertz CT molecular complexity index is 521. The van der Waals surface area contributed by atoms with Crippen molar-refractivity contribution in [3.8, 4) is 0 Å². The van der Waals surface area contributed by atoms with Crippen LogP contribution in [0.2, 0.25) is 0 Å². The molecule has 20 heavy (non-hydrogen) atoms. The van der Waals surface area contributed by atoms with Crippen LogP contribution in [0.3, 0.4) is 0 Å². The molecule has 3 rings (SSSR count). The number of rotatable bonds is 5. The molecule has 0 bridgehead atoms. The van der Waals surface area contributed by atoms with Gasteiger partial charge in [-0.15, -0.1) is 0 Å². The van der Waals surface area contributed by atoms with Crippen molar-refractivity contribution in [3.05, 3.63) is 36.5 Å². The number of para-hydroxylation sites is 1. The molecule has 0 radical (unpaired) electrons. The molecule has 1 aliphatic rings. The molecule has 1 saturated carbocycles. The summed E-state index contributed by atoms with van der Waals surface area (Å²) in [6.07, 6.45) is 11.9. The fourth-order valence-electron chi connectivity index (χ4n) is 3.37. The molecule has 0 amide bonds. The van der Waals surface area contributed by atoms with Crippen LogP contribution in [0.1, 0.15) is 44.9 Å². The van der Waals surface area contributed by atoms with Gasteiger partial charge in [-0.2, -0.15) is 0 Å². The first-order valence-corrected chi connectivity index (χ1v) is 8.21. The van der Waals surface area contributed by atoms with Crippen LogP contribution >= 0.6 is 0 Å². The number of nitrogens with zero attached hydrogens (tertiary/aromatic N) is 1. The third-order valence-electron chi connectivity index (χ3n) is 4.54. The smallest absolute Gasteiger partial charge is 0.0480 e. The minimum Gasteiger partial charge on any atom is -0.347 e. The molecule has 1 aliphatic carbocycles. The zero-order valence-electron chi connectivity index (χ0n) is 12.4. The van der Waals surface area contributed by atoms with E-state index in [0.29, 0.717) is 0 Å². The highest BCUT2D eigenvalue weighted by Crippen LogP contribution is 2.17. The van der Waals surface area contributed by atoms with E-state index in [-0.39, 0.29) is 0 Å². The summed E-state index contributed by atoms with van der Waals surface area (Å²) in [5.74, 6) is 0. The number of aromatic nitrogens is 1. The molecule has 0 spiro atoms. The standard InChI is InChI=1S/C18H26N2/c1-2-4-10-17(9-3-1)19-13-7-14-20-15-12-16-8-5-6-11-18(16)20/h5-6,8,11-12,15,17,19H,1-4,7,9-10,13-14H2. The fourth-order valence-corrected chi connectivity index (χ4v) is 3.37. The second kappa shape index (κ2) is 6.94. The lowest BCUT2D eigenvalue weighted by Crippen LogP contribution is -2.29. The summed E-state index contributed by atoms with van der Waals surface area (Å²) < 4.78 is 2.38. The average Bonchev–Trinajstić information content (AvgIpc) is 2.71. The van der Waals surface area contributed by atoms with E-state index in [9.17, 15) is 0 Å². The first kappa shape index (κ1) is 13.7. The van der Waals surface area contributed by atoms with Crippen LogP contribution in [-0.2, 0) is 6.54 Å². The fraction of sp³-hybridized carbons (Fsp3) is 0.556. The van der Waals surface area contributed by atoms with Crippen molar-refractivity contribution < 1.29 is 0 Å². The maximum Gasteiger partial charge on any atom is 0.0480 e. The molecule has 2 heteroatoms. The third-order valence-corrected chi connectivity index (χ3v) is 4.54. The zero-order valence-corrected chi connectivity index (χ0v) is 12.4. The van der Waals surface area contributed by atoms with Crippen LogP contribution in [0.4, 0.5) is 0 Å². The molecule has 1 fully saturated rings. The molecule has 108 valence electrons. The van der Waals surface area contributed by atoms with Crippen molar-refractivity contribution in [2.45, 2.75) is 57.5 Å². The number of hydrogen-bond donors (Lipinski definition) is 1. The Morgan fingerprint density at radius 2 is 1.80 bits per heavy atom. The topological polar surface area (TPSA) is 17.0 Å². The van der Waals surface area contributed by atoms with Crippen LogP contribution in [0, 0.1) is 0 Å². The molecular weight excluding hydrogens is 244 g/mol. The van der Waals surface area contributed by atoms with E-state index in [4.69, 9.17) is 0 Å². The van der Waals surface area contributed by atoms with Gasteiger partial charge in [0.1, 0.15) is 0 Å². The second-order valence-corrected chi connectivity index (χ2v) is 6.06. The Morgan fingerprint density at radius 1 is 1.00 bits per heavy atom. The van der Waals surface area contributed by atoms with Gasteiger partial charge in [0.15, 0.2) is 0 Å². The minimum atomic E-state index is 0.777. The Kier molecular flexibility index (Phi) is 4.75. The predicted octanol–water partition coefficient (Wildman–Crippen LogP) is 4.34. The molecule has 0 aliphatic heterocycles. The highest BCUT2D eigenvalue weighted by Gasteiger charge is 2.10. The normalized spacial score (nSPS) is 17.4. The second-order valence-electron chi connectivity index (χ2n) is 6.06. The van der Waals surface area contributed by atoms with Crippen LogP contribution in [0.5, 0.6) is 0 Å². The molecule has 1 aromatic heterocycles. The van der Waals surface area contributed by atoms with Gasteiger partial charge in [0.05, 0.1) is 0 Å². The largest absolute Gasteiger partial charge is 0.347 e. The summed E-state index contributed by atoms with van der Waals surface area (Å²) >= 11 is 0. The van der Waals surface area contributed by atoms with Gasteiger partial charge in [0.25, 0.3) is 0 Å². The number of fused-ring (bicyclic) bond motifs is 1. The van der Waals surface area contributed by atoms with Gasteiger partial charge >= 0.3 is 0 Å². The van der Waals surface area contributed by atoms with Crippen molar-refractivity contribution in [1.82, 2.24) is 9.88 Å². The lowest BCUT2D eigenvalue weighted by Gasteiger charge is -2.16. The number of nitrogens with one attached hydrogen (secondary N) is 1. The average molecular weight is 270 g/mol. The summed E-state index contributed by atoms with van der Waals surface area (Å²) in [5, 5.41) is 5.11. The quantitative estimate of drug-likeness (QED) is 0.631. The molecular formula is C18H26N2. The van der Waals surface area contributed by atoms with Crippen molar-refractivity contribution in [2.75, 3.05) is 6.54 Å². The molecule has 1 N–H and O–H groups in total. The van der Waals surface area contributed by atoms with E-state index in [1.807, 2.05) is 0 Å². The maximum atomic E-state index is 3.76. The maximum absolute atomic E-state index is 3.76. The monoisotopic (exact) mass is 270 g/mol. The Hall–Kier alpha value is -1.28. The number of aryl methyl sites for hydroxylation is 1. The molecule has 0 unspecified atom stereocenters. The summed E-state index contributed by atoms with van der Waals surface area (Å²) in [6, 6.07) is 11.6. The summed E-state index contributed by atoms with van der Waals surface area (Å²) in [7, 11) is 0. The van der Waals surface area contributed by atoms with Crippen molar-refractivity contribution in [2.24, 2.45) is 0 Å². The van der Waals surface area contributed by atoms with Crippen molar-refractivity contribution in [1.29, 1.82) is 0 Å². The summed E-state index contributed by atoms with van der Waals surface area (Å²) in [4.78, 5) is 0. The highest BCUT2D eigenvalue weighted by molar-refractivity contribution is 5.79. The Labute approximate surface area is 122 Å². The van der Waals surface area contributed by atoms with E-state index in [0.717, 1.165) is 19.1 Å². The lowest BCUT2D eigenvalue weighted by molar-refractivity contribution is 0.447. The SMILES string of the molecule is c1ccc2c(c1)ccn2CCCNC1CCCCCC1. The molecule has 2 aromatic rings. The molecule has 1 heterocycles. The van der Waals surface area contributed by atoms with Crippen molar-refractivity contribution in [3.63, 3.8) is 0 Å². The molecule has 0 saturated heterocycles. The van der Waals surface area contributed by atoms with Gasteiger partial charge in [0, 0.05) is 24.3 Å². The van der Waals surface area contributed by atoms with E-state index in [1.165, 1.54) is 55.8 Å². The van der Waals surface area contributed by atoms with Gasteiger partial charge in [0.2, 0.25) is 0 Å². The summed E-state index contributed by atoms with van der Waals surface area (Å²) in [5.41, 5.74) is 1.36.